The molecule has 0 unspecified atom stereocenters. The second kappa shape index (κ2) is 7.87. The Balaban J connectivity index is 1.77. The summed E-state index contributed by atoms with van der Waals surface area (Å²) in [5, 5.41) is 22.6. The molecule has 0 saturated heterocycles. The van der Waals surface area contributed by atoms with Crippen LogP contribution in [0.25, 0.3) is 0 Å². The van der Waals surface area contributed by atoms with Crippen LogP contribution in [0.4, 0.5) is 0 Å². The van der Waals surface area contributed by atoms with Gasteiger partial charge in [0.2, 0.25) is 5.78 Å². The summed E-state index contributed by atoms with van der Waals surface area (Å²) in [5.41, 5.74) is -2.73. The predicted molar refractivity (Wildman–Crippen MR) is 116 cm³/mol. The first-order chi connectivity index (χ1) is 15.3. The fourth-order valence-electron chi connectivity index (χ4n) is 7.41. The highest BCUT2D eigenvalue weighted by molar-refractivity contribution is 6.01. The van der Waals surface area contributed by atoms with Crippen molar-refractivity contribution >= 4 is 23.5 Å². The van der Waals surface area contributed by atoms with Crippen molar-refractivity contribution in [3.8, 4) is 0 Å². The van der Waals surface area contributed by atoms with Gasteiger partial charge in [-0.3, -0.25) is 19.2 Å². The van der Waals surface area contributed by atoms with E-state index in [0.29, 0.717) is 12.8 Å². The number of aliphatic hydroxyl groups is 2. The van der Waals surface area contributed by atoms with Crippen LogP contribution in [0.3, 0.4) is 0 Å². The number of aliphatic hydroxyl groups excluding tert-OH is 1. The topological polar surface area (TPSA) is 127 Å². The van der Waals surface area contributed by atoms with Crippen LogP contribution >= 0.6 is 0 Å². The second-order valence-corrected chi connectivity index (χ2v) is 10.5. The van der Waals surface area contributed by atoms with Crippen molar-refractivity contribution in [3.05, 3.63) is 23.8 Å². The van der Waals surface area contributed by atoms with E-state index in [9.17, 15) is 29.4 Å². The Labute approximate surface area is 193 Å². The average Bonchev–Trinajstić information content (AvgIpc) is 2.93. The minimum absolute atomic E-state index is 0.0571. The molecule has 180 valence electrons. The molecule has 0 bridgehead atoms. The van der Waals surface area contributed by atoms with E-state index in [0.717, 1.165) is 5.57 Å². The number of rotatable bonds is 4. The summed E-state index contributed by atoms with van der Waals surface area (Å²) in [6.07, 6.45) is 4.88. The number of Topliss-reactive ketones (excluding diaryl/α,β-unsaturated/α-hetero) is 1. The van der Waals surface area contributed by atoms with Crippen LogP contribution in [-0.2, 0) is 28.7 Å². The van der Waals surface area contributed by atoms with Crippen molar-refractivity contribution in [2.75, 3.05) is 6.61 Å². The van der Waals surface area contributed by atoms with Crippen molar-refractivity contribution in [1.29, 1.82) is 0 Å². The number of ketones is 2. The van der Waals surface area contributed by atoms with Crippen LogP contribution in [0, 0.1) is 28.6 Å². The molecule has 33 heavy (non-hydrogen) atoms. The monoisotopic (exact) mass is 460 g/mol. The first kappa shape index (κ1) is 23.8. The maximum Gasteiger partial charge on any atom is 0.303 e. The van der Waals surface area contributed by atoms with E-state index in [1.807, 2.05) is 13.0 Å². The third-order valence-electron chi connectivity index (χ3n) is 8.84. The van der Waals surface area contributed by atoms with Crippen LogP contribution in [0.1, 0.15) is 53.4 Å². The van der Waals surface area contributed by atoms with Crippen LogP contribution < -0.4 is 0 Å². The largest absolute Gasteiger partial charge is 0.462 e. The van der Waals surface area contributed by atoms with Crippen molar-refractivity contribution in [2.24, 2.45) is 28.6 Å². The second-order valence-electron chi connectivity index (χ2n) is 10.5. The van der Waals surface area contributed by atoms with E-state index >= 15 is 0 Å². The third-order valence-corrected chi connectivity index (χ3v) is 8.84. The number of ether oxygens (including phenoxy) is 2. The van der Waals surface area contributed by atoms with Gasteiger partial charge in [0, 0.05) is 30.6 Å². The Morgan fingerprint density at radius 2 is 1.88 bits per heavy atom. The number of allylic oxidation sites excluding steroid dienone is 4. The van der Waals surface area contributed by atoms with Gasteiger partial charge < -0.3 is 19.7 Å². The van der Waals surface area contributed by atoms with Gasteiger partial charge in [-0.05, 0) is 49.7 Å². The molecule has 3 saturated carbocycles. The summed E-state index contributed by atoms with van der Waals surface area (Å²) >= 11 is 0. The standard InChI is InChI=1S/C25H32O8/c1-13(26)32-12-21(30)25(31)20(29)10-18-17-6-5-15-9-16(28)7-8-23(15,3)22(17)19(33-14(2)27)11-24(18,25)4/h7-9,17-20,22,29,31H,5-6,10-12H2,1-4H3/t17-,18-,19+,20-,22+,23+,24-,25-/m1/s1. The molecular weight excluding hydrogens is 428 g/mol. The fourth-order valence-corrected chi connectivity index (χ4v) is 7.41. The van der Waals surface area contributed by atoms with Gasteiger partial charge in [-0.15, -0.1) is 0 Å². The summed E-state index contributed by atoms with van der Waals surface area (Å²) < 4.78 is 10.7. The Kier molecular flexibility index (Phi) is 5.69. The Morgan fingerprint density at radius 3 is 2.52 bits per heavy atom. The molecule has 0 aromatic heterocycles. The molecule has 8 heteroatoms. The molecule has 3 fully saturated rings. The van der Waals surface area contributed by atoms with E-state index in [-0.39, 0.29) is 36.4 Å². The van der Waals surface area contributed by atoms with Gasteiger partial charge in [0.1, 0.15) is 6.10 Å². The third kappa shape index (κ3) is 3.41. The number of fused-ring (bicyclic) bond motifs is 5. The number of esters is 2. The van der Waals surface area contributed by atoms with Crippen molar-refractivity contribution in [2.45, 2.75) is 71.2 Å². The number of carbonyl (C=O) groups is 4. The first-order valence-corrected chi connectivity index (χ1v) is 11.5. The molecule has 0 spiro atoms. The summed E-state index contributed by atoms with van der Waals surface area (Å²) in [7, 11) is 0. The lowest BCUT2D eigenvalue weighted by Crippen LogP contribution is -2.64. The summed E-state index contributed by atoms with van der Waals surface area (Å²) in [5.74, 6) is -2.38. The first-order valence-electron chi connectivity index (χ1n) is 11.5. The molecule has 8 nitrogen and oxygen atoms in total. The van der Waals surface area contributed by atoms with E-state index in [1.165, 1.54) is 13.8 Å². The highest BCUT2D eigenvalue weighted by Gasteiger charge is 2.72. The molecule has 0 heterocycles. The summed E-state index contributed by atoms with van der Waals surface area (Å²) in [6.45, 7) is 5.67. The zero-order valence-electron chi connectivity index (χ0n) is 19.5. The zero-order chi connectivity index (χ0) is 24.3. The molecule has 0 aromatic carbocycles. The van der Waals surface area contributed by atoms with Crippen LogP contribution in [0.15, 0.2) is 23.8 Å². The maximum absolute atomic E-state index is 13.1. The summed E-state index contributed by atoms with van der Waals surface area (Å²) in [4.78, 5) is 48.5. The highest BCUT2D eigenvalue weighted by atomic mass is 16.5. The molecule has 2 N–H and O–H groups in total. The molecule has 4 rings (SSSR count). The zero-order valence-corrected chi connectivity index (χ0v) is 19.5. The minimum Gasteiger partial charge on any atom is -0.462 e. The van der Waals surface area contributed by atoms with Gasteiger partial charge in [0.05, 0.1) is 6.10 Å². The SMILES string of the molecule is CC(=O)OCC(=O)[C@]1(O)[C@H](O)C[C@@H]2[C@H]3CCC4=CC(=O)C=C[C@]4(C)[C@@H]3[C@@H](OC(C)=O)C[C@]21C. The van der Waals surface area contributed by atoms with E-state index < -0.39 is 53.0 Å². The predicted octanol–water partition coefficient (Wildman–Crippen LogP) is 1.67. The molecule has 8 atom stereocenters. The van der Waals surface area contributed by atoms with Gasteiger partial charge >= 0.3 is 11.9 Å². The van der Waals surface area contributed by atoms with Gasteiger partial charge in [-0.1, -0.05) is 25.5 Å². The van der Waals surface area contributed by atoms with Gasteiger partial charge in [0.15, 0.2) is 18.0 Å². The lowest BCUT2D eigenvalue weighted by molar-refractivity contribution is -0.200. The van der Waals surface area contributed by atoms with Gasteiger partial charge in [-0.25, -0.2) is 0 Å². The normalized spacial score (nSPS) is 43.6. The number of hydrogen-bond acceptors (Lipinski definition) is 8. The molecular formula is C25H32O8. The van der Waals surface area contributed by atoms with Crippen LogP contribution in [0.2, 0.25) is 0 Å². The van der Waals surface area contributed by atoms with E-state index in [4.69, 9.17) is 9.47 Å². The molecule has 0 radical (unpaired) electrons. The smallest absolute Gasteiger partial charge is 0.303 e. The van der Waals surface area contributed by atoms with E-state index in [1.54, 1.807) is 19.1 Å². The van der Waals surface area contributed by atoms with Gasteiger partial charge in [0.25, 0.3) is 0 Å². The fraction of sp³-hybridized carbons (Fsp3) is 0.680. The van der Waals surface area contributed by atoms with Crippen LogP contribution in [0.5, 0.6) is 0 Å². The molecule has 4 aliphatic rings. The molecule has 0 aliphatic heterocycles. The minimum atomic E-state index is -2.13. The highest BCUT2D eigenvalue weighted by Crippen LogP contribution is 2.67. The molecule has 0 aromatic rings. The van der Waals surface area contributed by atoms with Gasteiger partial charge in [-0.2, -0.15) is 0 Å². The number of carbonyl (C=O) groups excluding carboxylic acids is 4. The lowest BCUT2D eigenvalue weighted by Gasteiger charge is -2.59. The van der Waals surface area contributed by atoms with Crippen molar-refractivity contribution in [1.82, 2.24) is 0 Å². The average molecular weight is 461 g/mol. The van der Waals surface area contributed by atoms with Crippen LogP contribution in [-0.4, -0.2) is 58.1 Å². The molecule has 4 aliphatic carbocycles. The maximum atomic E-state index is 13.1. The van der Waals surface area contributed by atoms with Crippen molar-refractivity contribution < 1.29 is 38.9 Å². The Bertz CT molecular complexity index is 965. The Hall–Kier alpha value is -2.32. The Morgan fingerprint density at radius 1 is 1.18 bits per heavy atom. The molecule has 0 amide bonds. The lowest BCUT2D eigenvalue weighted by atomic mass is 9.46. The van der Waals surface area contributed by atoms with Crippen molar-refractivity contribution in [3.63, 3.8) is 0 Å². The van der Waals surface area contributed by atoms with E-state index in [2.05, 4.69) is 0 Å². The number of hydrogen-bond donors (Lipinski definition) is 2. The quantitative estimate of drug-likeness (QED) is 0.607. The summed E-state index contributed by atoms with van der Waals surface area (Å²) in [6, 6.07) is 0.